The number of benzene rings is 1. The van der Waals surface area contributed by atoms with E-state index < -0.39 is 6.61 Å². The Morgan fingerprint density at radius 1 is 1.16 bits per heavy atom. The molecule has 4 saturated carbocycles. The highest BCUT2D eigenvalue weighted by atomic mass is 32.2. The molecule has 0 saturated heterocycles. The summed E-state index contributed by atoms with van der Waals surface area (Å²) in [5, 5.41) is 11.7. The molecule has 1 aromatic carbocycles. The van der Waals surface area contributed by atoms with E-state index in [0.717, 1.165) is 37.0 Å². The smallest absolute Gasteiger partial charge is 0.387 e. The van der Waals surface area contributed by atoms with E-state index in [2.05, 4.69) is 20.3 Å². The van der Waals surface area contributed by atoms with Crippen molar-refractivity contribution in [2.24, 2.45) is 17.8 Å². The van der Waals surface area contributed by atoms with E-state index in [9.17, 15) is 13.6 Å². The number of nitrogens with zero attached hydrogens (tertiary/aromatic N) is 3. The van der Waals surface area contributed by atoms with Crippen LogP contribution in [0.1, 0.15) is 45.4 Å². The molecule has 4 bridgehead atoms. The van der Waals surface area contributed by atoms with Gasteiger partial charge in [0.2, 0.25) is 11.1 Å². The maximum Gasteiger partial charge on any atom is 0.387 e. The topological polar surface area (TPSA) is 95.1 Å². The summed E-state index contributed by atoms with van der Waals surface area (Å²) >= 11 is 1.26. The molecule has 1 heterocycles. The molecule has 7 nitrogen and oxygen atoms in total. The Morgan fingerprint density at radius 2 is 1.75 bits per heavy atom. The molecule has 10 heteroatoms. The van der Waals surface area contributed by atoms with Gasteiger partial charge in [0.1, 0.15) is 5.75 Å². The summed E-state index contributed by atoms with van der Waals surface area (Å²) < 4.78 is 30.3. The Bertz CT molecular complexity index is 961. The van der Waals surface area contributed by atoms with Gasteiger partial charge in [0, 0.05) is 11.1 Å². The number of nitrogen functional groups attached to an aromatic ring is 1. The normalized spacial score (nSPS) is 29.3. The molecule has 2 aromatic rings. The summed E-state index contributed by atoms with van der Waals surface area (Å²) in [5.74, 6) is 8.90. The Hall–Kier alpha value is -2.36. The van der Waals surface area contributed by atoms with Gasteiger partial charge in [-0.05, 0) is 87.5 Å². The number of amides is 1. The lowest BCUT2D eigenvalue weighted by molar-refractivity contribution is -0.126. The van der Waals surface area contributed by atoms with E-state index in [-0.39, 0.29) is 22.4 Å². The number of thioether (sulfide) groups is 1. The summed E-state index contributed by atoms with van der Waals surface area (Å²) in [5.41, 5.74) is 0.573. The monoisotopic (exact) mass is 463 g/mol. The van der Waals surface area contributed by atoms with Crippen LogP contribution in [0.5, 0.6) is 5.75 Å². The number of carbonyl (C=O) groups is 1. The van der Waals surface area contributed by atoms with E-state index in [4.69, 9.17) is 5.84 Å². The first-order valence-electron chi connectivity index (χ1n) is 11.0. The van der Waals surface area contributed by atoms with Crippen LogP contribution >= 0.6 is 11.8 Å². The fraction of sp³-hybridized carbons (Fsp3) is 0.591. The van der Waals surface area contributed by atoms with Crippen LogP contribution in [0.4, 0.5) is 8.78 Å². The van der Waals surface area contributed by atoms with E-state index in [1.54, 1.807) is 12.1 Å². The van der Waals surface area contributed by atoms with Crippen molar-refractivity contribution in [3.63, 3.8) is 0 Å². The van der Waals surface area contributed by atoms with Crippen LogP contribution in [0.3, 0.4) is 0 Å². The number of nitrogens with two attached hydrogens (primary N) is 1. The minimum Gasteiger partial charge on any atom is -0.435 e. The first-order chi connectivity index (χ1) is 15.3. The van der Waals surface area contributed by atoms with E-state index >= 15 is 0 Å². The lowest BCUT2D eigenvalue weighted by Gasteiger charge is -2.57. The summed E-state index contributed by atoms with van der Waals surface area (Å²) in [7, 11) is 0. The van der Waals surface area contributed by atoms with E-state index in [1.807, 2.05) is 6.92 Å². The fourth-order valence-corrected chi connectivity index (χ4v) is 6.95. The van der Waals surface area contributed by atoms with Crippen LogP contribution in [0.25, 0.3) is 11.4 Å². The zero-order valence-corrected chi connectivity index (χ0v) is 18.7. The maximum absolute atomic E-state index is 13.0. The van der Waals surface area contributed by atoms with Gasteiger partial charge in [0.05, 0.1) is 5.25 Å². The zero-order chi connectivity index (χ0) is 22.5. The van der Waals surface area contributed by atoms with Crippen molar-refractivity contribution in [3.8, 4) is 17.1 Å². The van der Waals surface area contributed by atoms with Gasteiger partial charge in [-0.25, -0.2) is 4.68 Å². The van der Waals surface area contributed by atoms with Crippen molar-refractivity contribution < 1.29 is 18.3 Å². The van der Waals surface area contributed by atoms with Crippen molar-refractivity contribution in [1.82, 2.24) is 20.2 Å². The number of halogens is 2. The molecule has 4 aliphatic rings. The van der Waals surface area contributed by atoms with Crippen molar-refractivity contribution in [2.45, 2.75) is 68.0 Å². The van der Waals surface area contributed by atoms with Gasteiger partial charge in [0.25, 0.3) is 0 Å². The second kappa shape index (κ2) is 8.20. The average molecular weight is 464 g/mol. The van der Waals surface area contributed by atoms with E-state index in [0.29, 0.717) is 16.5 Å². The highest BCUT2D eigenvalue weighted by Gasteiger charge is 2.51. The average Bonchev–Trinajstić information content (AvgIpc) is 3.07. The second-order valence-electron chi connectivity index (χ2n) is 9.53. The minimum absolute atomic E-state index is 0.00926. The fourth-order valence-electron chi connectivity index (χ4n) is 6.18. The van der Waals surface area contributed by atoms with Gasteiger partial charge in [-0.15, -0.1) is 10.2 Å². The molecule has 1 unspecified atom stereocenters. The molecule has 0 spiro atoms. The highest BCUT2D eigenvalue weighted by Crippen LogP contribution is 2.55. The number of nitrogens with one attached hydrogen (secondary N) is 1. The molecule has 1 amide bonds. The van der Waals surface area contributed by atoms with Gasteiger partial charge < -0.3 is 15.9 Å². The van der Waals surface area contributed by atoms with Crippen LogP contribution in [-0.2, 0) is 4.79 Å². The number of ether oxygens (including phenoxy) is 1. The lowest BCUT2D eigenvalue weighted by Crippen LogP contribution is -2.60. The summed E-state index contributed by atoms with van der Waals surface area (Å²) in [6, 6.07) is 6.01. The molecule has 1 atom stereocenters. The van der Waals surface area contributed by atoms with Gasteiger partial charge in [-0.1, -0.05) is 11.8 Å². The van der Waals surface area contributed by atoms with Crippen LogP contribution in [0.15, 0.2) is 29.4 Å². The number of hydrogen-bond acceptors (Lipinski definition) is 6. The van der Waals surface area contributed by atoms with Crippen molar-refractivity contribution >= 4 is 17.7 Å². The second-order valence-corrected chi connectivity index (χ2v) is 10.8. The molecular formula is C22H27F2N5O2S. The lowest BCUT2D eigenvalue weighted by atomic mass is 9.53. The van der Waals surface area contributed by atoms with Crippen LogP contribution in [0.2, 0.25) is 0 Å². The molecule has 6 rings (SSSR count). The number of rotatable bonds is 7. The molecule has 1 aromatic heterocycles. The first kappa shape index (κ1) is 21.5. The molecule has 172 valence electrons. The number of carbonyl (C=O) groups excluding carboxylic acids is 1. The molecule has 3 N–H and O–H groups in total. The molecule has 32 heavy (non-hydrogen) atoms. The minimum atomic E-state index is -2.88. The standard InChI is InChI=1S/C22H27F2N5O2S/c1-12(19(30)26-22-9-13-6-14(10-22)8-15(7-13)11-22)32-21-28-27-18(29(21)25)16-2-4-17(5-3-16)31-20(23)24/h2-5,12-15,20H,6-11,25H2,1H3,(H,26,30). The van der Waals surface area contributed by atoms with Gasteiger partial charge in [-0.3, -0.25) is 4.79 Å². The van der Waals surface area contributed by atoms with Crippen molar-refractivity contribution in [3.05, 3.63) is 24.3 Å². The zero-order valence-electron chi connectivity index (χ0n) is 17.8. The van der Waals surface area contributed by atoms with Gasteiger partial charge in [-0.2, -0.15) is 8.78 Å². The number of alkyl halides is 2. The molecule has 0 radical (unpaired) electrons. The Kier molecular flexibility index (Phi) is 5.51. The summed E-state index contributed by atoms with van der Waals surface area (Å²) in [6.45, 7) is -1.03. The van der Waals surface area contributed by atoms with Gasteiger partial charge in [0.15, 0.2) is 5.82 Å². The molecule has 0 aliphatic heterocycles. The van der Waals surface area contributed by atoms with Crippen molar-refractivity contribution in [2.75, 3.05) is 5.84 Å². The Labute approximate surface area is 189 Å². The predicted octanol–water partition coefficient (Wildman–Crippen LogP) is 3.83. The van der Waals surface area contributed by atoms with E-state index in [1.165, 1.54) is 47.8 Å². The SMILES string of the molecule is CC(Sc1nnc(-c2ccc(OC(F)F)cc2)n1N)C(=O)NC12CC3CC(CC(C3)C1)C2. The Morgan fingerprint density at radius 3 is 2.31 bits per heavy atom. The quantitative estimate of drug-likeness (QED) is 0.479. The van der Waals surface area contributed by atoms with Gasteiger partial charge >= 0.3 is 6.61 Å². The molecule has 4 fully saturated rings. The first-order valence-corrected chi connectivity index (χ1v) is 11.9. The molecular weight excluding hydrogens is 436 g/mol. The maximum atomic E-state index is 13.0. The highest BCUT2D eigenvalue weighted by molar-refractivity contribution is 8.00. The number of hydrogen-bond donors (Lipinski definition) is 2. The van der Waals surface area contributed by atoms with Crippen LogP contribution in [0, 0.1) is 17.8 Å². The number of aromatic nitrogens is 3. The summed E-state index contributed by atoms with van der Waals surface area (Å²) in [6.07, 6.45) is 7.29. The van der Waals surface area contributed by atoms with Crippen LogP contribution < -0.4 is 15.9 Å². The third kappa shape index (κ3) is 4.16. The van der Waals surface area contributed by atoms with Crippen molar-refractivity contribution in [1.29, 1.82) is 0 Å². The van der Waals surface area contributed by atoms with Crippen LogP contribution in [-0.4, -0.2) is 38.2 Å². The Balaban J connectivity index is 1.24. The largest absolute Gasteiger partial charge is 0.435 e. The third-order valence-electron chi connectivity index (χ3n) is 7.08. The predicted molar refractivity (Wildman–Crippen MR) is 117 cm³/mol. The third-order valence-corrected chi connectivity index (χ3v) is 8.14. The molecule has 4 aliphatic carbocycles. The summed E-state index contributed by atoms with van der Waals surface area (Å²) in [4.78, 5) is 13.0.